The van der Waals surface area contributed by atoms with Crippen molar-refractivity contribution in [3.63, 3.8) is 0 Å². The van der Waals surface area contributed by atoms with Crippen molar-refractivity contribution in [2.45, 2.75) is 6.61 Å². The Kier molecular flexibility index (Phi) is 8.26. The van der Waals surface area contributed by atoms with Gasteiger partial charge in [0, 0.05) is 10.6 Å². The maximum atomic E-state index is 12.3. The van der Waals surface area contributed by atoms with Crippen molar-refractivity contribution in [1.82, 2.24) is 5.43 Å². The molecule has 0 aliphatic heterocycles. The molecule has 170 valence electrons. The van der Waals surface area contributed by atoms with Gasteiger partial charge in [-0.1, -0.05) is 23.7 Å². The fraction of sp³-hybridized carbons (Fsp3) is 0.125. The number of hydrogen-bond acceptors (Lipinski definition) is 6. The molecule has 0 spiro atoms. The van der Waals surface area contributed by atoms with E-state index in [-0.39, 0.29) is 12.5 Å². The zero-order valence-corrected chi connectivity index (χ0v) is 18.5. The third-order valence-corrected chi connectivity index (χ3v) is 4.62. The summed E-state index contributed by atoms with van der Waals surface area (Å²) in [5.41, 5.74) is 9.58. The first-order chi connectivity index (χ1) is 15.9. The van der Waals surface area contributed by atoms with Crippen molar-refractivity contribution in [1.29, 1.82) is 0 Å². The maximum Gasteiger partial charge on any atom is 0.271 e. The summed E-state index contributed by atoms with van der Waals surface area (Å²) in [6, 6.07) is 19.1. The molecule has 0 fully saturated rings. The van der Waals surface area contributed by atoms with Crippen LogP contribution in [-0.4, -0.2) is 31.7 Å². The average Bonchev–Trinajstić information content (AvgIpc) is 2.83. The summed E-state index contributed by atoms with van der Waals surface area (Å²) in [5.74, 6) is 0.539. The van der Waals surface area contributed by atoms with E-state index in [4.69, 9.17) is 31.5 Å². The first-order valence-corrected chi connectivity index (χ1v) is 10.2. The number of methoxy groups -OCH3 is 1. The number of hydrazone groups is 1. The number of halogens is 1. The summed E-state index contributed by atoms with van der Waals surface area (Å²) < 4.78 is 16.2. The van der Waals surface area contributed by atoms with Crippen molar-refractivity contribution in [3.05, 3.63) is 88.4 Å². The fourth-order valence-electron chi connectivity index (χ4n) is 2.71. The summed E-state index contributed by atoms with van der Waals surface area (Å²) in [5, 5.41) is 4.62. The normalized spacial score (nSPS) is 10.6. The van der Waals surface area contributed by atoms with Crippen LogP contribution in [-0.2, 0) is 11.4 Å². The monoisotopic (exact) mass is 467 g/mol. The highest BCUT2D eigenvalue weighted by molar-refractivity contribution is 6.30. The lowest BCUT2D eigenvalue weighted by atomic mass is 10.1. The standard InChI is InChI=1S/C24H22ClN3O5/c1-31-22-12-17(4-11-21(22)33-15-23(26)29)13-27-28-24(30)18-5-2-16(3-6-18)14-32-20-9-7-19(25)8-10-20/h2-13H,14-15H2,1H3,(H2,26,29)(H,28,30)/b27-13+. The van der Waals surface area contributed by atoms with Gasteiger partial charge in [-0.2, -0.15) is 5.10 Å². The number of nitrogens with zero attached hydrogens (tertiary/aromatic N) is 1. The van der Waals surface area contributed by atoms with E-state index in [1.54, 1.807) is 54.6 Å². The molecule has 33 heavy (non-hydrogen) atoms. The lowest BCUT2D eigenvalue weighted by Gasteiger charge is -2.09. The Balaban J connectivity index is 1.53. The number of nitrogens with one attached hydrogen (secondary N) is 1. The van der Waals surface area contributed by atoms with E-state index in [1.165, 1.54) is 13.3 Å². The van der Waals surface area contributed by atoms with Crippen LogP contribution < -0.4 is 25.4 Å². The summed E-state index contributed by atoms with van der Waals surface area (Å²) in [7, 11) is 1.47. The molecule has 2 amide bonds. The number of ether oxygens (including phenoxy) is 3. The summed E-state index contributed by atoms with van der Waals surface area (Å²) in [6.07, 6.45) is 1.46. The fourth-order valence-corrected chi connectivity index (χ4v) is 2.84. The molecular formula is C24H22ClN3O5. The Bertz CT molecular complexity index is 1130. The van der Waals surface area contributed by atoms with Crippen LogP contribution in [0.3, 0.4) is 0 Å². The van der Waals surface area contributed by atoms with E-state index in [0.717, 1.165) is 5.56 Å². The Morgan fingerprint density at radius 1 is 1.00 bits per heavy atom. The third kappa shape index (κ3) is 7.26. The van der Waals surface area contributed by atoms with Crippen LogP contribution >= 0.6 is 11.6 Å². The molecule has 0 aliphatic rings. The average molecular weight is 468 g/mol. The third-order valence-electron chi connectivity index (χ3n) is 4.37. The summed E-state index contributed by atoms with van der Waals surface area (Å²) >= 11 is 5.86. The molecule has 3 rings (SSSR count). The molecule has 3 N–H and O–H groups in total. The molecule has 3 aromatic rings. The molecule has 9 heteroatoms. The van der Waals surface area contributed by atoms with Crippen LogP contribution in [0.25, 0.3) is 0 Å². The van der Waals surface area contributed by atoms with E-state index >= 15 is 0 Å². The molecule has 3 aromatic carbocycles. The summed E-state index contributed by atoms with van der Waals surface area (Å²) in [4.78, 5) is 23.2. The Hall–Kier alpha value is -4.04. The van der Waals surface area contributed by atoms with E-state index in [0.29, 0.717) is 40.0 Å². The van der Waals surface area contributed by atoms with Crippen LogP contribution in [0.1, 0.15) is 21.5 Å². The van der Waals surface area contributed by atoms with Gasteiger partial charge in [0.15, 0.2) is 18.1 Å². The van der Waals surface area contributed by atoms with Crippen molar-refractivity contribution < 1.29 is 23.8 Å². The van der Waals surface area contributed by atoms with Crippen LogP contribution in [0.4, 0.5) is 0 Å². The smallest absolute Gasteiger partial charge is 0.271 e. The van der Waals surface area contributed by atoms with Crippen LogP contribution in [0.15, 0.2) is 71.8 Å². The van der Waals surface area contributed by atoms with Gasteiger partial charge < -0.3 is 19.9 Å². The van der Waals surface area contributed by atoms with Crippen molar-refractivity contribution >= 4 is 29.6 Å². The number of carbonyl (C=O) groups is 2. The summed E-state index contributed by atoms with van der Waals surface area (Å²) in [6.45, 7) is 0.106. The number of hydrogen-bond donors (Lipinski definition) is 2. The van der Waals surface area contributed by atoms with Crippen LogP contribution in [0, 0.1) is 0 Å². The van der Waals surface area contributed by atoms with Gasteiger partial charge in [-0.25, -0.2) is 5.43 Å². The lowest BCUT2D eigenvalue weighted by Crippen LogP contribution is -2.20. The number of amides is 2. The largest absolute Gasteiger partial charge is 0.493 e. The minimum atomic E-state index is -0.590. The lowest BCUT2D eigenvalue weighted by molar-refractivity contribution is -0.119. The van der Waals surface area contributed by atoms with E-state index in [2.05, 4.69) is 10.5 Å². The second-order valence-electron chi connectivity index (χ2n) is 6.80. The van der Waals surface area contributed by atoms with Gasteiger partial charge in [0.2, 0.25) is 0 Å². The minimum absolute atomic E-state index is 0.258. The van der Waals surface area contributed by atoms with E-state index in [1.807, 2.05) is 12.1 Å². The molecule has 8 nitrogen and oxygen atoms in total. The predicted molar refractivity (Wildman–Crippen MR) is 125 cm³/mol. The Morgan fingerprint density at radius 2 is 1.73 bits per heavy atom. The van der Waals surface area contributed by atoms with Gasteiger partial charge >= 0.3 is 0 Å². The van der Waals surface area contributed by atoms with E-state index in [9.17, 15) is 9.59 Å². The van der Waals surface area contributed by atoms with Gasteiger partial charge in [0.1, 0.15) is 12.4 Å². The second kappa shape index (κ2) is 11.5. The van der Waals surface area contributed by atoms with Crippen molar-refractivity contribution in [2.75, 3.05) is 13.7 Å². The molecule has 0 aromatic heterocycles. The van der Waals surface area contributed by atoms with Crippen LogP contribution in [0.5, 0.6) is 17.2 Å². The molecule has 0 unspecified atom stereocenters. The molecule has 0 heterocycles. The Labute approximate surface area is 195 Å². The zero-order valence-electron chi connectivity index (χ0n) is 17.8. The van der Waals surface area contributed by atoms with Crippen molar-refractivity contribution in [2.24, 2.45) is 10.8 Å². The highest BCUT2D eigenvalue weighted by Crippen LogP contribution is 2.27. The number of nitrogens with two attached hydrogens (primary N) is 1. The van der Waals surface area contributed by atoms with Gasteiger partial charge in [-0.15, -0.1) is 0 Å². The molecule has 0 radical (unpaired) electrons. The molecular weight excluding hydrogens is 446 g/mol. The van der Waals surface area contributed by atoms with Gasteiger partial charge in [0.05, 0.1) is 13.3 Å². The molecule has 0 bridgehead atoms. The molecule has 0 saturated heterocycles. The maximum absolute atomic E-state index is 12.3. The van der Waals surface area contributed by atoms with Crippen LogP contribution in [0.2, 0.25) is 5.02 Å². The molecule has 0 saturated carbocycles. The topological polar surface area (TPSA) is 112 Å². The highest BCUT2D eigenvalue weighted by Gasteiger charge is 2.07. The number of benzene rings is 3. The number of primary amides is 1. The SMILES string of the molecule is COc1cc(/C=N/NC(=O)c2ccc(COc3ccc(Cl)cc3)cc2)ccc1OCC(N)=O. The minimum Gasteiger partial charge on any atom is -0.493 e. The predicted octanol–water partition coefficient (Wildman–Crippen LogP) is 3.56. The van der Waals surface area contributed by atoms with Gasteiger partial charge in [-0.3, -0.25) is 9.59 Å². The number of carbonyl (C=O) groups excluding carboxylic acids is 2. The zero-order chi connectivity index (χ0) is 23.6. The van der Waals surface area contributed by atoms with Gasteiger partial charge in [-0.05, 0) is 65.7 Å². The first kappa shape index (κ1) is 23.6. The Morgan fingerprint density at radius 3 is 2.39 bits per heavy atom. The molecule has 0 aliphatic carbocycles. The van der Waals surface area contributed by atoms with Gasteiger partial charge in [0.25, 0.3) is 11.8 Å². The quantitative estimate of drug-likeness (QED) is 0.350. The number of rotatable bonds is 10. The van der Waals surface area contributed by atoms with E-state index < -0.39 is 5.91 Å². The van der Waals surface area contributed by atoms with Crippen molar-refractivity contribution in [3.8, 4) is 17.2 Å². The highest BCUT2D eigenvalue weighted by atomic mass is 35.5. The first-order valence-electron chi connectivity index (χ1n) is 9.84. The molecule has 0 atom stereocenters. The second-order valence-corrected chi connectivity index (χ2v) is 7.24.